The zero-order valence-corrected chi connectivity index (χ0v) is 21.0. The summed E-state index contributed by atoms with van der Waals surface area (Å²) in [5.41, 5.74) is 2.43. The van der Waals surface area contributed by atoms with Crippen LogP contribution in [-0.2, 0) is 29.3 Å². The van der Waals surface area contributed by atoms with Crippen molar-refractivity contribution in [2.75, 3.05) is 0 Å². The topological polar surface area (TPSA) is 57.6 Å². The van der Waals surface area contributed by atoms with Crippen molar-refractivity contribution in [2.24, 2.45) is 0 Å². The maximum absolute atomic E-state index is 15.8. The Morgan fingerprint density at radius 3 is 1.46 bits per heavy atom. The van der Waals surface area contributed by atoms with E-state index in [1.54, 1.807) is 35.2 Å². The van der Waals surface area contributed by atoms with Gasteiger partial charge >= 0.3 is 5.25 Å². The summed E-state index contributed by atoms with van der Waals surface area (Å²) in [7, 11) is -5.16. The van der Waals surface area contributed by atoms with Gasteiger partial charge in [-0.05, 0) is 35.2 Å². The van der Waals surface area contributed by atoms with Crippen LogP contribution in [0.3, 0.4) is 0 Å². The Balaban J connectivity index is 1.77. The highest BCUT2D eigenvalue weighted by molar-refractivity contribution is 7.92. The van der Waals surface area contributed by atoms with Crippen molar-refractivity contribution >= 4 is 9.84 Å². The Morgan fingerprint density at radius 2 is 1.03 bits per heavy atom. The highest BCUT2D eigenvalue weighted by Crippen LogP contribution is 2.36. The van der Waals surface area contributed by atoms with E-state index in [1.807, 2.05) is 66.7 Å². The van der Waals surface area contributed by atoms with Crippen molar-refractivity contribution in [3.63, 3.8) is 0 Å². The van der Waals surface area contributed by atoms with Crippen LogP contribution in [-0.4, -0.2) is 35.8 Å². The molecule has 0 aliphatic carbocycles. The molecule has 37 heavy (non-hydrogen) atoms. The molecule has 1 N–H and O–H groups in total. The number of rotatable bonds is 11. The average Bonchev–Trinajstić information content (AvgIpc) is 2.93. The first kappa shape index (κ1) is 26.7. The second kappa shape index (κ2) is 11.8. The van der Waals surface area contributed by atoms with E-state index in [1.165, 1.54) is 12.1 Å². The first-order valence-electron chi connectivity index (χ1n) is 12.0. The van der Waals surface area contributed by atoms with Gasteiger partial charge in [-0.2, -0.15) is 8.78 Å². The van der Waals surface area contributed by atoms with Gasteiger partial charge in [0, 0.05) is 19.1 Å². The molecular formula is C30H29F2NO3S. The summed E-state index contributed by atoms with van der Waals surface area (Å²) in [5, 5.41) is 6.82. The molecule has 0 spiro atoms. The second-order valence-corrected chi connectivity index (χ2v) is 11.0. The molecule has 0 aliphatic heterocycles. The number of aliphatic hydroxyl groups excluding tert-OH is 1. The number of benzene rings is 4. The van der Waals surface area contributed by atoms with Crippen LogP contribution in [0, 0.1) is 0 Å². The molecule has 0 radical (unpaired) electrons. The van der Waals surface area contributed by atoms with Crippen molar-refractivity contribution in [2.45, 2.75) is 41.8 Å². The molecule has 4 aromatic carbocycles. The molecule has 7 heteroatoms. The van der Waals surface area contributed by atoms with E-state index in [0.29, 0.717) is 5.56 Å². The molecule has 0 fully saturated rings. The number of hydrogen-bond acceptors (Lipinski definition) is 4. The SMILES string of the molecule is O=S(=O)(c1ccccc1)C(F)(F)[C@@H](O)[C@H](Cc1ccccc1)N(Cc1ccccc1)Cc1ccccc1. The van der Waals surface area contributed by atoms with E-state index in [-0.39, 0.29) is 19.5 Å². The number of sulfone groups is 1. The molecule has 4 aromatic rings. The number of hydrogen-bond donors (Lipinski definition) is 1. The lowest BCUT2D eigenvalue weighted by Gasteiger charge is -2.38. The van der Waals surface area contributed by atoms with Gasteiger partial charge in [0.15, 0.2) is 0 Å². The van der Waals surface area contributed by atoms with Gasteiger partial charge in [-0.15, -0.1) is 0 Å². The fourth-order valence-electron chi connectivity index (χ4n) is 4.36. The van der Waals surface area contributed by atoms with Crippen LogP contribution in [0.5, 0.6) is 0 Å². The number of nitrogens with zero attached hydrogens (tertiary/aromatic N) is 1. The summed E-state index contributed by atoms with van der Waals surface area (Å²) < 4.78 is 57.7. The molecule has 0 heterocycles. The predicted octanol–water partition coefficient (Wildman–Crippen LogP) is 5.73. The fraction of sp³-hybridized carbons (Fsp3) is 0.200. The molecule has 4 nitrogen and oxygen atoms in total. The summed E-state index contributed by atoms with van der Waals surface area (Å²) in [5.74, 6) is 0. The lowest BCUT2D eigenvalue weighted by molar-refractivity contribution is -0.0882. The summed E-state index contributed by atoms with van der Waals surface area (Å²) in [6.45, 7) is 0.484. The molecule has 0 bridgehead atoms. The maximum Gasteiger partial charge on any atom is 0.376 e. The number of aliphatic hydroxyl groups is 1. The van der Waals surface area contributed by atoms with Crippen LogP contribution in [0.15, 0.2) is 126 Å². The maximum atomic E-state index is 15.8. The number of halogens is 2. The van der Waals surface area contributed by atoms with Gasteiger partial charge in [0.1, 0.15) is 6.10 Å². The van der Waals surface area contributed by atoms with Crippen LogP contribution in [0.1, 0.15) is 16.7 Å². The van der Waals surface area contributed by atoms with Gasteiger partial charge in [-0.3, -0.25) is 4.90 Å². The zero-order valence-electron chi connectivity index (χ0n) is 20.2. The minimum absolute atomic E-state index is 0.0293. The van der Waals surface area contributed by atoms with Crippen molar-refractivity contribution in [1.82, 2.24) is 4.90 Å². The standard InChI is InChI=1S/C30H29F2NO3S/c31-30(32,37(35,36)27-19-11-4-12-20-27)29(34)28(21-24-13-5-1-6-14-24)33(22-25-15-7-2-8-16-25)23-26-17-9-3-10-18-26/h1-20,28-29,34H,21-23H2/t28-,29-/m0/s1. The van der Waals surface area contributed by atoms with E-state index in [9.17, 15) is 13.5 Å². The van der Waals surface area contributed by atoms with Crippen LogP contribution in [0.2, 0.25) is 0 Å². The Hall–Kier alpha value is -3.39. The third-order valence-electron chi connectivity index (χ3n) is 6.33. The molecule has 0 unspecified atom stereocenters. The third-order valence-corrected chi connectivity index (χ3v) is 8.19. The molecule has 0 amide bonds. The van der Waals surface area contributed by atoms with Crippen molar-refractivity contribution < 1.29 is 22.3 Å². The van der Waals surface area contributed by atoms with Gasteiger partial charge in [0.05, 0.1) is 4.90 Å². The molecular weight excluding hydrogens is 492 g/mol. The lowest BCUT2D eigenvalue weighted by Crippen LogP contribution is -2.55. The van der Waals surface area contributed by atoms with Crippen molar-refractivity contribution in [1.29, 1.82) is 0 Å². The van der Waals surface area contributed by atoms with E-state index in [4.69, 9.17) is 0 Å². The Kier molecular flexibility index (Phi) is 8.48. The van der Waals surface area contributed by atoms with E-state index in [0.717, 1.165) is 23.3 Å². The average molecular weight is 522 g/mol. The molecule has 4 rings (SSSR count). The summed E-state index contributed by atoms with van der Waals surface area (Å²) in [6, 6.07) is 33.0. The summed E-state index contributed by atoms with van der Waals surface area (Å²) in [4.78, 5) is 1.20. The largest absolute Gasteiger partial charge is 0.384 e. The highest BCUT2D eigenvalue weighted by Gasteiger charge is 2.56. The smallest absolute Gasteiger partial charge is 0.376 e. The normalized spacial score (nSPS) is 13.8. The zero-order chi connectivity index (χ0) is 26.3. The van der Waals surface area contributed by atoms with E-state index in [2.05, 4.69) is 0 Å². The van der Waals surface area contributed by atoms with Gasteiger partial charge in [0.2, 0.25) is 9.84 Å². The van der Waals surface area contributed by atoms with E-state index >= 15 is 8.78 Å². The third kappa shape index (κ3) is 6.31. The van der Waals surface area contributed by atoms with Gasteiger partial charge in [-0.1, -0.05) is 109 Å². The molecule has 0 saturated carbocycles. The predicted molar refractivity (Wildman–Crippen MR) is 141 cm³/mol. The summed E-state index contributed by atoms with van der Waals surface area (Å²) in [6.07, 6.45) is -2.47. The van der Waals surface area contributed by atoms with Crippen LogP contribution >= 0.6 is 0 Å². The van der Waals surface area contributed by atoms with Crippen molar-refractivity contribution in [3.8, 4) is 0 Å². The molecule has 0 aliphatic rings. The molecule has 0 aromatic heterocycles. The fourth-order valence-corrected chi connectivity index (χ4v) is 5.67. The monoisotopic (exact) mass is 521 g/mol. The quantitative estimate of drug-likeness (QED) is 0.274. The van der Waals surface area contributed by atoms with Gasteiger partial charge in [-0.25, -0.2) is 8.42 Å². The molecule has 192 valence electrons. The minimum atomic E-state index is -5.16. The van der Waals surface area contributed by atoms with Crippen molar-refractivity contribution in [3.05, 3.63) is 138 Å². The Morgan fingerprint density at radius 1 is 0.649 bits per heavy atom. The number of alkyl halides is 2. The minimum Gasteiger partial charge on any atom is -0.384 e. The van der Waals surface area contributed by atoms with Crippen LogP contribution < -0.4 is 0 Å². The summed E-state index contributed by atoms with van der Waals surface area (Å²) >= 11 is 0. The highest BCUT2D eigenvalue weighted by atomic mass is 32.2. The van der Waals surface area contributed by atoms with E-state index < -0.39 is 32.1 Å². The molecule has 0 saturated heterocycles. The second-order valence-electron chi connectivity index (χ2n) is 8.96. The Labute approximate surface area is 216 Å². The Bertz CT molecular complexity index is 1310. The van der Waals surface area contributed by atoms with Gasteiger partial charge < -0.3 is 5.11 Å². The van der Waals surface area contributed by atoms with Gasteiger partial charge in [0.25, 0.3) is 0 Å². The van der Waals surface area contributed by atoms with Crippen LogP contribution in [0.4, 0.5) is 8.78 Å². The first-order valence-corrected chi connectivity index (χ1v) is 13.5. The van der Waals surface area contributed by atoms with Crippen LogP contribution in [0.25, 0.3) is 0 Å². The lowest BCUT2D eigenvalue weighted by atomic mass is 9.98. The first-order chi connectivity index (χ1) is 17.8. The molecule has 2 atom stereocenters.